The molecule has 0 bridgehead atoms. The lowest BCUT2D eigenvalue weighted by Gasteiger charge is -2.17. The van der Waals surface area contributed by atoms with Gasteiger partial charge in [-0.1, -0.05) is 43.0 Å². The number of carbonyl (C=O) groups excluding carboxylic acids is 1. The Labute approximate surface area is 112 Å². The van der Waals surface area contributed by atoms with Gasteiger partial charge in [0.05, 0.1) is 17.9 Å². The van der Waals surface area contributed by atoms with Gasteiger partial charge in [-0.3, -0.25) is 4.79 Å². The highest BCUT2D eigenvalue weighted by molar-refractivity contribution is 6.56. The van der Waals surface area contributed by atoms with Crippen LogP contribution in [0.4, 0.5) is 0 Å². The molecule has 0 radical (unpaired) electrons. The lowest BCUT2D eigenvalue weighted by molar-refractivity contribution is -0.146. The van der Waals surface area contributed by atoms with E-state index in [4.69, 9.17) is 39.5 Å². The van der Waals surface area contributed by atoms with Crippen LogP contribution in [0.25, 0.3) is 0 Å². The Morgan fingerprint density at radius 1 is 1.38 bits per heavy atom. The maximum Gasteiger partial charge on any atom is 0.314 e. The van der Waals surface area contributed by atoms with E-state index in [9.17, 15) is 4.79 Å². The van der Waals surface area contributed by atoms with E-state index < -0.39 is 5.92 Å². The number of halogens is 3. The second-order valence-electron chi connectivity index (χ2n) is 3.39. The first-order chi connectivity index (χ1) is 7.52. The highest BCUT2D eigenvalue weighted by atomic mass is 35.5. The van der Waals surface area contributed by atoms with Gasteiger partial charge in [-0.25, -0.2) is 0 Å². The highest BCUT2D eigenvalue weighted by Gasteiger charge is 2.26. The van der Waals surface area contributed by atoms with Crippen LogP contribution in [0.3, 0.4) is 0 Å². The van der Waals surface area contributed by atoms with E-state index in [2.05, 4.69) is 6.92 Å². The van der Waals surface area contributed by atoms with Crippen LogP contribution in [0.1, 0.15) is 33.1 Å². The SMILES string of the molecule is CCCC[C@H](Cl)[C@@H](C=C(Cl)Cl)C(=O)OCC. The largest absolute Gasteiger partial charge is 0.465 e. The Bertz CT molecular complexity index is 237. The van der Waals surface area contributed by atoms with Crippen molar-refractivity contribution in [2.24, 2.45) is 5.92 Å². The minimum Gasteiger partial charge on any atom is -0.465 e. The minimum absolute atomic E-state index is 0.0419. The fourth-order valence-electron chi connectivity index (χ4n) is 1.27. The Morgan fingerprint density at radius 2 is 2.00 bits per heavy atom. The Hall–Kier alpha value is 0.0800. The third-order valence-electron chi connectivity index (χ3n) is 2.09. The van der Waals surface area contributed by atoms with Crippen LogP contribution in [0.15, 0.2) is 10.6 Å². The van der Waals surface area contributed by atoms with E-state index in [0.29, 0.717) is 6.61 Å². The normalized spacial score (nSPS) is 14.1. The molecule has 0 unspecified atom stereocenters. The predicted octanol–water partition coefficient (Wildman–Crippen LogP) is 4.28. The fourth-order valence-corrected chi connectivity index (χ4v) is 1.87. The second kappa shape index (κ2) is 9.15. The summed E-state index contributed by atoms with van der Waals surface area (Å²) in [6.07, 6.45) is 4.16. The van der Waals surface area contributed by atoms with Crippen molar-refractivity contribution < 1.29 is 9.53 Å². The summed E-state index contributed by atoms with van der Waals surface area (Å²) >= 11 is 17.2. The lowest BCUT2D eigenvalue weighted by atomic mass is 10.0. The molecule has 2 nitrogen and oxygen atoms in total. The van der Waals surface area contributed by atoms with Crippen LogP contribution in [0.2, 0.25) is 0 Å². The number of carbonyl (C=O) groups is 1. The number of alkyl halides is 1. The zero-order valence-electron chi connectivity index (χ0n) is 9.51. The monoisotopic (exact) mass is 286 g/mol. The Morgan fingerprint density at radius 3 is 2.44 bits per heavy atom. The average Bonchev–Trinajstić information content (AvgIpc) is 2.22. The molecule has 0 aliphatic heterocycles. The highest BCUT2D eigenvalue weighted by Crippen LogP contribution is 2.23. The molecule has 2 atom stereocenters. The molecule has 0 spiro atoms. The Kier molecular flexibility index (Phi) is 9.19. The van der Waals surface area contributed by atoms with E-state index in [-0.39, 0.29) is 15.8 Å². The average molecular weight is 288 g/mol. The van der Waals surface area contributed by atoms with Gasteiger partial charge >= 0.3 is 5.97 Å². The minimum atomic E-state index is -0.571. The van der Waals surface area contributed by atoms with E-state index in [1.165, 1.54) is 6.08 Å². The van der Waals surface area contributed by atoms with Gasteiger partial charge < -0.3 is 4.74 Å². The van der Waals surface area contributed by atoms with Crippen LogP contribution in [-0.4, -0.2) is 18.0 Å². The van der Waals surface area contributed by atoms with Gasteiger partial charge in [-0.2, -0.15) is 0 Å². The maximum atomic E-state index is 11.6. The molecular formula is C11H17Cl3O2. The number of unbranched alkanes of at least 4 members (excludes halogenated alkanes) is 1. The number of hydrogen-bond donors (Lipinski definition) is 0. The quantitative estimate of drug-likeness (QED) is 0.516. The molecule has 94 valence electrons. The van der Waals surface area contributed by atoms with Crippen LogP contribution < -0.4 is 0 Å². The summed E-state index contributed by atoms with van der Waals surface area (Å²) in [5.74, 6) is -0.949. The van der Waals surface area contributed by atoms with E-state index in [0.717, 1.165) is 19.3 Å². The molecule has 0 fully saturated rings. The number of hydrogen-bond acceptors (Lipinski definition) is 2. The van der Waals surface area contributed by atoms with E-state index in [1.54, 1.807) is 6.92 Å². The van der Waals surface area contributed by atoms with Gasteiger partial charge in [0.25, 0.3) is 0 Å². The summed E-state index contributed by atoms with van der Waals surface area (Å²) in [4.78, 5) is 11.6. The van der Waals surface area contributed by atoms with Gasteiger partial charge in [0.1, 0.15) is 4.49 Å². The van der Waals surface area contributed by atoms with Crippen molar-refractivity contribution in [2.75, 3.05) is 6.61 Å². The predicted molar refractivity (Wildman–Crippen MR) is 69.1 cm³/mol. The Balaban J connectivity index is 4.53. The van der Waals surface area contributed by atoms with Gasteiger partial charge in [-0.05, 0) is 19.4 Å². The van der Waals surface area contributed by atoms with Crippen molar-refractivity contribution in [2.45, 2.75) is 38.5 Å². The van der Waals surface area contributed by atoms with Crippen molar-refractivity contribution in [3.05, 3.63) is 10.6 Å². The zero-order valence-corrected chi connectivity index (χ0v) is 11.8. The summed E-state index contributed by atoms with van der Waals surface area (Å²) < 4.78 is 4.96. The van der Waals surface area contributed by atoms with Crippen molar-refractivity contribution in [1.29, 1.82) is 0 Å². The molecule has 0 N–H and O–H groups in total. The van der Waals surface area contributed by atoms with E-state index >= 15 is 0 Å². The molecule has 0 aliphatic carbocycles. The van der Waals surface area contributed by atoms with Crippen LogP contribution in [0.5, 0.6) is 0 Å². The number of ether oxygens (including phenoxy) is 1. The first-order valence-corrected chi connectivity index (χ1v) is 6.55. The molecule has 0 saturated carbocycles. The molecule has 0 aromatic heterocycles. The lowest BCUT2D eigenvalue weighted by Crippen LogP contribution is -2.25. The van der Waals surface area contributed by atoms with Crippen molar-refractivity contribution in [3.63, 3.8) is 0 Å². The second-order valence-corrected chi connectivity index (χ2v) is 4.96. The summed E-state index contributed by atoms with van der Waals surface area (Å²) in [5, 5.41) is -0.327. The first kappa shape index (κ1) is 16.1. The standard InChI is InChI=1S/C11H17Cl3O2/c1-3-5-6-9(12)8(7-10(13)14)11(15)16-4-2/h7-9H,3-6H2,1-2H3/t8-,9+/m1/s1. The summed E-state index contributed by atoms with van der Waals surface area (Å²) in [5.41, 5.74) is 0. The fraction of sp³-hybridized carbons (Fsp3) is 0.727. The first-order valence-electron chi connectivity index (χ1n) is 5.36. The molecule has 5 heteroatoms. The van der Waals surface area contributed by atoms with Gasteiger partial charge in [-0.15, -0.1) is 11.6 Å². The molecule has 0 heterocycles. The van der Waals surface area contributed by atoms with Crippen molar-refractivity contribution in [3.8, 4) is 0 Å². The molecule has 0 aliphatic rings. The van der Waals surface area contributed by atoms with Gasteiger partial charge in [0, 0.05) is 0 Å². The summed E-state index contributed by atoms with van der Waals surface area (Å²) in [7, 11) is 0. The molecule has 0 saturated heterocycles. The molecule has 16 heavy (non-hydrogen) atoms. The van der Waals surface area contributed by atoms with E-state index in [1.807, 2.05) is 0 Å². The zero-order chi connectivity index (χ0) is 12.6. The molecular weight excluding hydrogens is 270 g/mol. The molecule has 0 rings (SSSR count). The molecule has 0 amide bonds. The van der Waals surface area contributed by atoms with Crippen molar-refractivity contribution >= 4 is 40.8 Å². The van der Waals surface area contributed by atoms with Crippen LogP contribution in [0, 0.1) is 5.92 Å². The molecule has 0 aromatic carbocycles. The summed E-state index contributed by atoms with van der Waals surface area (Å²) in [6, 6.07) is 0. The molecule has 0 aromatic rings. The number of rotatable bonds is 7. The van der Waals surface area contributed by atoms with Gasteiger partial charge in [0.2, 0.25) is 0 Å². The number of esters is 1. The van der Waals surface area contributed by atoms with Crippen LogP contribution >= 0.6 is 34.8 Å². The van der Waals surface area contributed by atoms with Crippen LogP contribution in [-0.2, 0) is 9.53 Å². The van der Waals surface area contributed by atoms with Gasteiger partial charge in [0.15, 0.2) is 0 Å². The van der Waals surface area contributed by atoms with Crippen molar-refractivity contribution in [1.82, 2.24) is 0 Å². The topological polar surface area (TPSA) is 26.3 Å². The maximum absolute atomic E-state index is 11.6. The third-order valence-corrected chi connectivity index (χ3v) is 2.83. The summed E-state index contributed by atoms with van der Waals surface area (Å²) in [6.45, 7) is 4.13. The smallest absolute Gasteiger partial charge is 0.314 e. The third kappa shape index (κ3) is 6.62.